The van der Waals surface area contributed by atoms with Crippen LogP contribution in [-0.2, 0) is 5.41 Å². The standard InChI is InChI=1S/C19H25NO3/c1-19(2,14-7-6-8-16(11-14)21-3)13-20-15-9-10-17(22-4)18(12-15)23-5/h6-12,20H,13H2,1-5H3. The first-order valence-corrected chi connectivity index (χ1v) is 7.60. The third kappa shape index (κ3) is 4.09. The third-order valence-corrected chi connectivity index (χ3v) is 3.97. The van der Waals surface area contributed by atoms with Crippen LogP contribution in [0.1, 0.15) is 19.4 Å². The topological polar surface area (TPSA) is 39.7 Å². The first-order chi connectivity index (χ1) is 11.0. The van der Waals surface area contributed by atoms with E-state index in [4.69, 9.17) is 14.2 Å². The molecule has 4 nitrogen and oxygen atoms in total. The van der Waals surface area contributed by atoms with Gasteiger partial charge in [0.05, 0.1) is 21.3 Å². The van der Waals surface area contributed by atoms with Crippen LogP contribution in [-0.4, -0.2) is 27.9 Å². The number of hydrogen-bond donors (Lipinski definition) is 1. The van der Waals surface area contributed by atoms with Gasteiger partial charge in [0, 0.05) is 23.7 Å². The molecule has 0 amide bonds. The van der Waals surface area contributed by atoms with E-state index in [1.807, 2.05) is 30.3 Å². The molecule has 23 heavy (non-hydrogen) atoms. The number of anilines is 1. The fraction of sp³-hybridized carbons (Fsp3) is 0.368. The molecule has 0 aromatic heterocycles. The minimum absolute atomic E-state index is 0.0400. The van der Waals surface area contributed by atoms with Gasteiger partial charge in [0.25, 0.3) is 0 Å². The van der Waals surface area contributed by atoms with Crippen LogP contribution >= 0.6 is 0 Å². The molecule has 0 spiro atoms. The molecule has 124 valence electrons. The largest absolute Gasteiger partial charge is 0.497 e. The van der Waals surface area contributed by atoms with Crippen molar-refractivity contribution in [2.45, 2.75) is 19.3 Å². The van der Waals surface area contributed by atoms with E-state index >= 15 is 0 Å². The molecule has 0 atom stereocenters. The van der Waals surface area contributed by atoms with Crippen molar-refractivity contribution in [3.63, 3.8) is 0 Å². The Balaban J connectivity index is 2.12. The smallest absolute Gasteiger partial charge is 0.162 e. The molecule has 2 aromatic rings. The maximum Gasteiger partial charge on any atom is 0.162 e. The van der Waals surface area contributed by atoms with Gasteiger partial charge in [-0.05, 0) is 29.8 Å². The van der Waals surface area contributed by atoms with Crippen molar-refractivity contribution in [1.82, 2.24) is 0 Å². The molecule has 0 aliphatic carbocycles. The zero-order valence-electron chi connectivity index (χ0n) is 14.5. The summed E-state index contributed by atoms with van der Waals surface area (Å²) in [6.45, 7) is 5.20. The van der Waals surface area contributed by atoms with Gasteiger partial charge in [0.2, 0.25) is 0 Å². The fourth-order valence-electron chi connectivity index (χ4n) is 2.42. The number of hydrogen-bond acceptors (Lipinski definition) is 4. The summed E-state index contributed by atoms with van der Waals surface area (Å²) >= 11 is 0. The lowest BCUT2D eigenvalue weighted by Gasteiger charge is -2.27. The third-order valence-electron chi connectivity index (χ3n) is 3.97. The summed E-state index contributed by atoms with van der Waals surface area (Å²) in [5.41, 5.74) is 2.19. The zero-order chi connectivity index (χ0) is 16.9. The molecule has 0 radical (unpaired) electrons. The Morgan fingerprint density at radius 1 is 0.870 bits per heavy atom. The van der Waals surface area contributed by atoms with Gasteiger partial charge in [-0.1, -0.05) is 26.0 Å². The van der Waals surface area contributed by atoms with Crippen LogP contribution in [0, 0.1) is 0 Å². The first kappa shape index (κ1) is 17.0. The van der Waals surface area contributed by atoms with Crippen molar-refractivity contribution in [2.24, 2.45) is 0 Å². The molecule has 0 saturated carbocycles. The lowest BCUT2D eigenvalue weighted by atomic mass is 9.84. The average Bonchev–Trinajstić information content (AvgIpc) is 2.59. The number of benzene rings is 2. The summed E-state index contributed by atoms with van der Waals surface area (Å²) < 4.78 is 15.9. The summed E-state index contributed by atoms with van der Waals surface area (Å²) in [6.07, 6.45) is 0. The van der Waals surface area contributed by atoms with Gasteiger partial charge in [0.1, 0.15) is 5.75 Å². The predicted octanol–water partition coefficient (Wildman–Crippen LogP) is 4.10. The second-order valence-corrected chi connectivity index (χ2v) is 6.04. The molecule has 0 fully saturated rings. The van der Waals surface area contributed by atoms with Crippen molar-refractivity contribution in [3.05, 3.63) is 48.0 Å². The van der Waals surface area contributed by atoms with Crippen molar-refractivity contribution in [3.8, 4) is 17.2 Å². The molecule has 0 aliphatic rings. The molecule has 2 aromatic carbocycles. The van der Waals surface area contributed by atoms with Crippen molar-refractivity contribution >= 4 is 5.69 Å². The van der Waals surface area contributed by atoms with E-state index in [1.54, 1.807) is 21.3 Å². The Labute approximate surface area is 138 Å². The monoisotopic (exact) mass is 315 g/mol. The van der Waals surface area contributed by atoms with Crippen molar-refractivity contribution in [1.29, 1.82) is 0 Å². The van der Waals surface area contributed by atoms with Crippen LogP contribution < -0.4 is 19.5 Å². The Bertz CT molecular complexity index is 653. The second kappa shape index (κ2) is 7.27. The summed E-state index contributed by atoms with van der Waals surface area (Å²) in [5.74, 6) is 2.32. The molecule has 0 unspecified atom stereocenters. The van der Waals surface area contributed by atoms with Gasteiger partial charge >= 0.3 is 0 Å². The van der Waals surface area contributed by atoms with Crippen molar-refractivity contribution < 1.29 is 14.2 Å². The molecular formula is C19H25NO3. The van der Waals surface area contributed by atoms with Crippen LogP contribution in [0.15, 0.2) is 42.5 Å². The Kier molecular flexibility index (Phi) is 5.37. The van der Waals surface area contributed by atoms with Gasteiger partial charge in [-0.2, -0.15) is 0 Å². The van der Waals surface area contributed by atoms with Crippen LogP contribution in [0.4, 0.5) is 5.69 Å². The average molecular weight is 315 g/mol. The molecule has 0 heterocycles. The number of nitrogens with one attached hydrogen (secondary N) is 1. The minimum atomic E-state index is -0.0400. The zero-order valence-corrected chi connectivity index (χ0v) is 14.5. The van der Waals surface area contributed by atoms with Crippen LogP contribution in [0.2, 0.25) is 0 Å². The van der Waals surface area contributed by atoms with E-state index in [9.17, 15) is 0 Å². The van der Waals surface area contributed by atoms with E-state index in [1.165, 1.54) is 5.56 Å². The summed E-state index contributed by atoms with van der Waals surface area (Å²) in [5, 5.41) is 3.47. The summed E-state index contributed by atoms with van der Waals surface area (Å²) in [6, 6.07) is 14.0. The molecular weight excluding hydrogens is 290 g/mol. The van der Waals surface area contributed by atoms with Crippen LogP contribution in [0.25, 0.3) is 0 Å². The quantitative estimate of drug-likeness (QED) is 0.835. The van der Waals surface area contributed by atoms with Gasteiger partial charge < -0.3 is 19.5 Å². The number of ether oxygens (including phenoxy) is 3. The molecule has 4 heteroatoms. The fourth-order valence-corrected chi connectivity index (χ4v) is 2.42. The SMILES string of the molecule is COc1cccc(C(C)(C)CNc2ccc(OC)c(OC)c2)c1. The number of methoxy groups -OCH3 is 3. The highest BCUT2D eigenvalue weighted by molar-refractivity contribution is 5.55. The highest BCUT2D eigenvalue weighted by atomic mass is 16.5. The molecule has 2 rings (SSSR count). The highest BCUT2D eigenvalue weighted by Crippen LogP contribution is 2.31. The van der Waals surface area contributed by atoms with Gasteiger partial charge in [-0.15, -0.1) is 0 Å². The normalized spacial score (nSPS) is 11.0. The second-order valence-electron chi connectivity index (χ2n) is 6.04. The molecule has 0 bridgehead atoms. The lowest BCUT2D eigenvalue weighted by Crippen LogP contribution is -2.27. The van der Waals surface area contributed by atoms with E-state index in [0.29, 0.717) is 0 Å². The Hall–Kier alpha value is -2.36. The van der Waals surface area contributed by atoms with Gasteiger partial charge in [-0.3, -0.25) is 0 Å². The van der Waals surface area contributed by atoms with E-state index in [2.05, 4.69) is 31.3 Å². The lowest BCUT2D eigenvalue weighted by molar-refractivity contribution is 0.355. The van der Waals surface area contributed by atoms with Crippen molar-refractivity contribution in [2.75, 3.05) is 33.2 Å². The van der Waals surface area contributed by atoms with E-state index < -0.39 is 0 Å². The molecule has 0 aliphatic heterocycles. The van der Waals surface area contributed by atoms with Crippen LogP contribution in [0.5, 0.6) is 17.2 Å². The molecule has 0 saturated heterocycles. The van der Waals surface area contributed by atoms with E-state index in [0.717, 1.165) is 29.5 Å². The van der Waals surface area contributed by atoms with E-state index in [-0.39, 0.29) is 5.41 Å². The Morgan fingerprint density at radius 2 is 1.61 bits per heavy atom. The maximum absolute atomic E-state index is 5.34. The minimum Gasteiger partial charge on any atom is -0.497 e. The predicted molar refractivity (Wildman–Crippen MR) is 94.1 cm³/mol. The van der Waals surface area contributed by atoms with Crippen LogP contribution in [0.3, 0.4) is 0 Å². The first-order valence-electron chi connectivity index (χ1n) is 7.60. The van der Waals surface area contributed by atoms with Gasteiger partial charge in [-0.25, -0.2) is 0 Å². The maximum atomic E-state index is 5.34. The Morgan fingerprint density at radius 3 is 2.26 bits per heavy atom. The number of rotatable bonds is 7. The summed E-state index contributed by atoms with van der Waals surface area (Å²) in [7, 11) is 4.96. The van der Waals surface area contributed by atoms with Gasteiger partial charge in [0.15, 0.2) is 11.5 Å². The highest BCUT2D eigenvalue weighted by Gasteiger charge is 2.21. The molecule has 1 N–H and O–H groups in total. The summed E-state index contributed by atoms with van der Waals surface area (Å²) in [4.78, 5) is 0.